The molecule has 0 spiro atoms. The van der Waals surface area contributed by atoms with Crippen LogP contribution in [0.1, 0.15) is 18.7 Å². The fraction of sp³-hybridized carbons (Fsp3) is 0.227. The van der Waals surface area contributed by atoms with Crippen LogP contribution in [-0.4, -0.2) is 43.5 Å². The Bertz CT molecular complexity index is 1250. The van der Waals surface area contributed by atoms with Gasteiger partial charge < -0.3 is 5.32 Å². The number of benzene rings is 2. The molecule has 33 heavy (non-hydrogen) atoms. The Morgan fingerprint density at radius 3 is 2.61 bits per heavy atom. The van der Waals surface area contributed by atoms with Gasteiger partial charge in [-0.05, 0) is 37.1 Å². The van der Waals surface area contributed by atoms with Crippen molar-refractivity contribution in [3.05, 3.63) is 60.4 Å². The standard InChI is InChI=1S/C22H20N6O2S3/c29-19(25-20(30)23-14-10-11-14)13-31-21-27-26-18(28(21)15-6-2-1-3-7-15)12-32-22-24-16-8-4-5-9-17(16)33-22/h1-9,14H,10-13H2,(H2,23,25,29,30). The van der Waals surface area contributed by atoms with E-state index in [4.69, 9.17) is 0 Å². The highest BCUT2D eigenvalue weighted by atomic mass is 32.2. The van der Waals surface area contributed by atoms with Gasteiger partial charge >= 0.3 is 6.03 Å². The summed E-state index contributed by atoms with van der Waals surface area (Å²) in [5.74, 6) is 1.04. The summed E-state index contributed by atoms with van der Waals surface area (Å²) in [7, 11) is 0. The third-order valence-corrected chi connectivity index (χ3v) is 7.92. The number of thioether (sulfide) groups is 2. The van der Waals surface area contributed by atoms with Crippen molar-refractivity contribution in [2.45, 2.75) is 34.1 Å². The average Bonchev–Trinajstić information content (AvgIpc) is 3.38. The summed E-state index contributed by atoms with van der Waals surface area (Å²) >= 11 is 4.51. The molecule has 11 heteroatoms. The fourth-order valence-electron chi connectivity index (χ4n) is 3.10. The Balaban J connectivity index is 1.29. The molecule has 0 radical (unpaired) electrons. The minimum absolute atomic E-state index is 0.0636. The van der Waals surface area contributed by atoms with Crippen LogP contribution in [0.3, 0.4) is 0 Å². The SMILES string of the molecule is O=C(CSc1nnc(CSc2nc3ccccc3s2)n1-c1ccccc1)NC(=O)NC1CC1. The molecule has 8 nitrogen and oxygen atoms in total. The van der Waals surface area contributed by atoms with Gasteiger partial charge in [-0.2, -0.15) is 0 Å². The molecule has 2 N–H and O–H groups in total. The van der Waals surface area contributed by atoms with Gasteiger partial charge in [-0.1, -0.05) is 53.9 Å². The van der Waals surface area contributed by atoms with E-state index in [1.54, 1.807) is 23.1 Å². The van der Waals surface area contributed by atoms with Crippen molar-refractivity contribution in [3.8, 4) is 5.69 Å². The van der Waals surface area contributed by atoms with Crippen LogP contribution in [0.4, 0.5) is 4.79 Å². The maximum atomic E-state index is 12.2. The maximum absolute atomic E-state index is 12.2. The molecule has 0 bridgehead atoms. The van der Waals surface area contributed by atoms with Crippen LogP contribution in [0.15, 0.2) is 64.1 Å². The second kappa shape index (κ2) is 9.94. The lowest BCUT2D eigenvalue weighted by Gasteiger charge is -2.10. The van der Waals surface area contributed by atoms with Crippen LogP contribution in [-0.2, 0) is 10.5 Å². The minimum atomic E-state index is -0.444. The molecule has 1 aliphatic carbocycles. The van der Waals surface area contributed by atoms with Crippen LogP contribution >= 0.6 is 34.9 Å². The molecule has 0 unspecified atom stereocenters. The van der Waals surface area contributed by atoms with Crippen LogP contribution in [0.2, 0.25) is 0 Å². The van der Waals surface area contributed by atoms with E-state index in [1.807, 2.05) is 53.1 Å². The lowest BCUT2D eigenvalue weighted by Crippen LogP contribution is -2.41. The third kappa shape index (κ3) is 5.55. The molecule has 168 valence electrons. The highest BCUT2D eigenvalue weighted by Crippen LogP contribution is 2.32. The molecule has 3 amide bonds. The van der Waals surface area contributed by atoms with E-state index in [0.29, 0.717) is 10.9 Å². The normalized spacial score (nSPS) is 13.2. The molecule has 1 saturated carbocycles. The molecule has 1 aliphatic rings. The first kappa shape index (κ1) is 21.9. The number of nitrogens with zero attached hydrogens (tertiary/aromatic N) is 4. The molecule has 2 aromatic carbocycles. The summed E-state index contributed by atoms with van der Waals surface area (Å²) in [4.78, 5) is 28.7. The van der Waals surface area contributed by atoms with Crippen molar-refractivity contribution < 1.29 is 9.59 Å². The monoisotopic (exact) mass is 496 g/mol. The largest absolute Gasteiger partial charge is 0.335 e. The summed E-state index contributed by atoms with van der Waals surface area (Å²) < 4.78 is 4.06. The molecule has 0 aliphatic heterocycles. The van der Waals surface area contributed by atoms with E-state index in [-0.39, 0.29) is 17.7 Å². The van der Waals surface area contributed by atoms with Gasteiger partial charge in [0.1, 0.15) is 5.82 Å². The van der Waals surface area contributed by atoms with Crippen molar-refractivity contribution in [1.29, 1.82) is 0 Å². The lowest BCUT2D eigenvalue weighted by molar-refractivity contribution is -0.117. The van der Waals surface area contributed by atoms with E-state index >= 15 is 0 Å². The average molecular weight is 497 g/mol. The molecule has 4 aromatic rings. The highest BCUT2D eigenvalue weighted by molar-refractivity contribution is 8.00. The Morgan fingerprint density at radius 2 is 1.82 bits per heavy atom. The highest BCUT2D eigenvalue weighted by Gasteiger charge is 2.24. The number of fused-ring (bicyclic) bond motifs is 1. The molecule has 2 aromatic heterocycles. The second-order valence-electron chi connectivity index (χ2n) is 7.39. The van der Waals surface area contributed by atoms with Crippen molar-refractivity contribution in [2.24, 2.45) is 0 Å². The number of para-hydroxylation sites is 2. The van der Waals surface area contributed by atoms with Crippen molar-refractivity contribution in [3.63, 3.8) is 0 Å². The Kier molecular flexibility index (Phi) is 6.60. The Hall–Kier alpha value is -2.89. The first-order chi connectivity index (χ1) is 16.2. The number of carbonyl (C=O) groups excluding carboxylic acids is 2. The molecular weight excluding hydrogens is 476 g/mol. The number of amides is 3. The zero-order valence-corrected chi connectivity index (χ0v) is 19.9. The van der Waals surface area contributed by atoms with E-state index in [1.165, 1.54) is 11.8 Å². The number of hydrogen-bond donors (Lipinski definition) is 2. The van der Waals surface area contributed by atoms with E-state index in [0.717, 1.165) is 38.9 Å². The third-order valence-electron chi connectivity index (χ3n) is 4.81. The quantitative estimate of drug-likeness (QED) is 0.352. The van der Waals surface area contributed by atoms with Crippen LogP contribution in [0, 0.1) is 0 Å². The minimum Gasteiger partial charge on any atom is -0.335 e. The lowest BCUT2D eigenvalue weighted by atomic mass is 10.3. The van der Waals surface area contributed by atoms with Gasteiger partial charge in [-0.3, -0.25) is 14.7 Å². The van der Waals surface area contributed by atoms with E-state index < -0.39 is 6.03 Å². The van der Waals surface area contributed by atoms with Gasteiger partial charge in [-0.25, -0.2) is 9.78 Å². The van der Waals surface area contributed by atoms with E-state index in [2.05, 4.69) is 31.9 Å². The molecule has 2 heterocycles. The van der Waals surface area contributed by atoms with Crippen LogP contribution < -0.4 is 10.6 Å². The number of carbonyl (C=O) groups is 2. The summed E-state index contributed by atoms with van der Waals surface area (Å²) in [6, 6.07) is 17.6. The first-order valence-electron chi connectivity index (χ1n) is 10.4. The molecule has 0 atom stereocenters. The van der Waals surface area contributed by atoms with Crippen molar-refractivity contribution in [2.75, 3.05) is 5.75 Å². The number of urea groups is 1. The van der Waals surface area contributed by atoms with Gasteiger partial charge in [0, 0.05) is 11.7 Å². The predicted molar refractivity (Wildman–Crippen MR) is 131 cm³/mol. The van der Waals surface area contributed by atoms with Gasteiger partial charge in [0.15, 0.2) is 9.50 Å². The van der Waals surface area contributed by atoms with Crippen molar-refractivity contribution in [1.82, 2.24) is 30.4 Å². The summed E-state index contributed by atoms with van der Waals surface area (Å²) in [6.45, 7) is 0. The maximum Gasteiger partial charge on any atom is 0.321 e. The van der Waals surface area contributed by atoms with Gasteiger partial charge in [0.2, 0.25) is 5.91 Å². The smallest absolute Gasteiger partial charge is 0.321 e. The predicted octanol–water partition coefficient (Wildman–Crippen LogP) is 4.25. The number of nitrogens with one attached hydrogen (secondary N) is 2. The van der Waals surface area contributed by atoms with E-state index in [9.17, 15) is 9.59 Å². The topological polar surface area (TPSA) is 102 Å². The van der Waals surface area contributed by atoms with Crippen LogP contribution in [0.5, 0.6) is 0 Å². The number of hydrogen-bond acceptors (Lipinski definition) is 8. The zero-order valence-electron chi connectivity index (χ0n) is 17.4. The zero-order chi connectivity index (χ0) is 22.6. The number of imide groups is 1. The van der Waals surface area contributed by atoms with Gasteiger partial charge in [0.25, 0.3) is 0 Å². The van der Waals surface area contributed by atoms with Gasteiger partial charge in [-0.15, -0.1) is 21.5 Å². The number of rotatable bonds is 8. The fourth-order valence-corrected chi connectivity index (χ4v) is 5.86. The molecule has 5 rings (SSSR count). The van der Waals surface area contributed by atoms with Gasteiger partial charge in [0.05, 0.1) is 21.7 Å². The Morgan fingerprint density at radius 1 is 1.03 bits per heavy atom. The summed E-state index contributed by atoms with van der Waals surface area (Å²) in [6.07, 6.45) is 1.93. The summed E-state index contributed by atoms with van der Waals surface area (Å²) in [5.41, 5.74) is 1.90. The van der Waals surface area contributed by atoms with Crippen molar-refractivity contribution >= 4 is 57.0 Å². The molecule has 1 fully saturated rings. The number of thiazole rings is 1. The first-order valence-corrected chi connectivity index (χ1v) is 13.2. The summed E-state index contributed by atoms with van der Waals surface area (Å²) in [5, 5.41) is 14.4. The molecular formula is C22H20N6O2S3. The second-order valence-corrected chi connectivity index (χ2v) is 10.6. The van der Waals surface area contributed by atoms with Crippen LogP contribution in [0.25, 0.3) is 15.9 Å². The Labute approximate surface area is 202 Å². The molecule has 0 saturated heterocycles. The number of aromatic nitrogens is 4.